The van der Waals surface area contributed by atoms with E-state index in [1.807, 2.05) is 22.8 Å². The summed E-state index contributed by atoms with van der Waals surface area (Å²) in [5.74, 6) is 0.664. The van der Waals surface area contributed by atoms with Crippen LogP contribution in [0.4, 0.5) is 10.1 Å². The number of benzene rings is 1. The number of carbonyl (C=O) groups excluding carboxylic acids is 1. The number of nitrogens with one attached hydrogen (secondary N) is 1. The fraction of sp³-hybridized carbons (Fsp3) is 0.300. The highest BCUT2D eigenvalue weighted by atomic mass is 32.1. The van der Waals surface area contributed by atoms with Crippen LogP contribution in [0.15, 0.2) is 40.5 Å². The summed E-state index contributed by atoms with van der Waals surface area (Å²) in [6.07, 6.45) is 2.18. The molecular formula is C20H20FN5O2S. The molecule has 4 rings (SSSR count). The van der Waals surface area contributed by atoms with E-state index in [0.717, 1.165) is 11.9 Å². The Morgan fingerprint density at radius 3 is 2.93 bits per heavy atom. The number of hydrogen-bond acceptors (Lipinski definition) is 5. The summed E-state index contributed by atoms with van der Waals surface area (Å²) in [7, 11) is 0. The number of amides is 1. The van der Waals surface area contributed by atoms with Gasteiger partial charge in [-0.25, -0.2) is 4.39 Å². The first-order valence-electron chi connectivity index (χ1n) is 9.48. The quantitative estimate of drug-likeness (QED) is 0.502. The third-order valence-electron chi connectivity index (χ3n) is 4.64. The molecule has 0 unspecified atom stereocenters. The van der Waals surface area contributed by atoms with E-state index in [4.69, 9.17) is 0 Å². The predicted molar refractivity (Wildman–Crippen MR) is 111 cm³/mol. The van der Waals surface area contributed by atoms with Crippen LogP contribution in [-0.4, -0.2) is 25.1 Å². The van der Waals surface area contributed by atoms with Crippen LogP contribution in [0.3, 0.4) is 0 Å². The lowest BCUT2D eigenvalue weighted by atomic mass is 10.2. The van der Waals surface area contributed by atoms with Gasteiger partial charge in [0.05, 0.1) is 5.52 Å². The van der Waals surface area contributed by atoms with Crippen LogP contribution in [0.2, 0.25) is 0 Å². The lowest BCUT2D eigenvalue weighted by molar-refractivity contribution is -0.116. The zero-order valence-electron chi connectivity index (χ0n) is 15.9. The Kier molecular flexibility index (Phi) is 5.39. The van der Waals surface area contributed by atoms with Crippen LogP contribution in [0, 0.1) is 5.82 Å². The van der Waals surface area contributed by atoms with Crippen LogP contribution in [-0.2, 0) is 17.8 Å². The molecule has 4 aromatic rings. The fourth-order valence-corrected chi connectivity index (χ4v) is 4.19. The van der Waals surface area contributed by atoms with Gasteiger partial charge in [-0.2, -0.15) is 0 Å². The van der Waals surface area contributed by atoms with Crippen molar-refractivity contribution in [2.45, 2.75) is 39.2 Å². The third-order valence-corrected chi connectivity index (χ3v) is 5.53. The van der Waals surface area contributed by atoms with E-state index in [1.165, 1.54) is 23.5 Å². The van der Waals surface area contributed by atoms with E-state index in [2.05, 4.69) is 15.5 Å². The molecule has 1 amide bonds. The van der Waals surface area contributed by atoms with Crippen molar-refractivity contribution in [3.63, 3.8) is 0 Å². The molecule has 0 fully saturated rings. The van der Waals surface area contributed by atoms with Gasteiger partial charge in [0.15, 0.2) is 0 Å². The van der Waals surface area contributed by atoms with Gasteiger partial charge in [-0.05, 0) is 42.5 Å². The lowest BCUT2D eigenvalue weighted by Crippen LogP contribution is -2.22. The van der Waals surface area contributed by atoms with Crippen LogP contribution in [0.1, 0.15) is 32.0 Å². The van der Waals surface area contributed by atoms with E-state index in [1.54, 1.807) is 16.7 Å². The number of nitrogens with zero attached hydrogens (tertiary/aromatic N) is 4. The number of carbonyl (C=O) groups is 1. The molecule has 9 heteroatoms. The number of hydrogen-bond donors (Lipinski definition) is 1. The maximum Gasteiger partial charge on any atom is 0.272 e. The molecule has 150 valence electrons. The van der Waals surface area contributed by atoms with E-state index >= 15 is 0 Å². The van der Waals surface area contributed by atoms with Gasteiger partial charge < -0.3 is 5.32 Å². The van der Waals surface area contributed by atoms with E-state index in [-0.39, 0.29) is 17.9 Å². The largest absolute Gasteiger partial charge is 0.326 e. The number of thiophene rings is 1. The predicted octanol–water partition coefficient (Wildman–Crippen LogP) is 3.62. The van der Waals surface area contributed by atoms with Crippen molar-refractivity contribution >= 4 is 38.9 Å². The molecule has 0 aliphatic carbocycles. The van der Waals surface area contributed by atoms with Crippen molar-refractivity contribution in [1.82, 2.24) is 19.2 Å². The van der Waals surface area contributed by atoms with Crippen molar-refractivity contribution < 1.29 is 9.18 Å². The Balaban J connectivity index is 1.53. The monoisotopic (exact) mass is 413 g/mol. The summed E-state index contributed by atoms with van der Waals surface area (Å²) in [5, 5.41) is 13.1. The van der Waals surface area contributed by atoms with Crippen LogP contribution < -0.4 is 10.9 Å². The summed E-state index contributed by atoms with van der Waals surface area (Å²) < 4.78 is 17.5. The summed E-state index contributed by atoms with van der Waals surface area (Å²) in [6.45, 7) is 2.58. The first-order valence-corrected chi connectivity index (χ1v) is 10.4. The highest BCUT2D eigenvalue weighted by Gasteiger charge is 2.17. The molecule has 0 aliphatic rings. The Hall–Kier alpha value is -3.07. The van der Waals surface area contributed by atoms with Crippen molar-refractivity contribution in [2.24, 2.45) is 0 Å². The van der Waals surface area contributed by atoms with Crippen LogP contribution in [0.5, 0.6) is 0 Å². The Labute approximate surface area is 169 Å². The molecule has 0 saturated carbocycles. The minimum atomic E-state index is -0.393. The highest BCUT2D eigenvalue weighted by Crippen LogP contribution is 2.20. The average Bonchev–Trinajstić information content (AvgIpc) is 3.32. The SMILES string of the molecule is CCCn1c(=O)c2sccc2n2c(CCCC(=O)Nc3cccc(F)c3)nnc12. The van der Waals surface area contributed by atoms with Crippen LogP contribution in [0.25, 0.3) is 16.0 Å². The summed E-state index contributed by atoms with van der Waals surface area (Å²) in [6, 6.07) is 7.70. The normalized spacial score (nSPS) is 11.4. The lowest BCUT2D eigenvalue weighted by Gasteiger charge is -2.08. The topological polar surface area (TPSA) is 81.3 Å². The van der Waals surface area contributed by atoms with E-state index in [0.29, 0.717) is 41.4 Å². The van der Waals surface area contributed by atoms with E-state index < -0.39 is 5.82 Å². The zero-order valence-corrected chi connectivity index (χ0v) is 16.7. The number of halogens is 1. The molecule has 0 spiro atoms. The second-order valence-electron chi connectivity index (χ2n) is 6.76. The van der Waals surface area contributed by atoms with Gasteiger partial charge in [0.2, 0.25) is 11.7 Å². The first kappa shape index (κ1) is 19.3. The molecule has 1 N–H and O–H groups in total. The highest BCUT2D eigenvalue weighted by molar-refractivity contribution is 7.17. The second-order valence-corrected chi connectivity index (χ2v) is 7.67. The molecule has 0 saturated heterocycles. The smallest absolute Gasteiger partial charge is 0.272 e. The summed E-state index contributed by atoms with van der Waals surface area (Å²) in [4.78, 5) is 24.9. The molecule has 0 atom stereocenters. The van der Waals surface area contributed by atoms with Gasteiger partial charge in [0.25, 0.3) is 5.56 Å². The number of fused-ring (bicyclic) bond motifs is 3. The van der Waals surface area contributed by atoms with Gasteiger partial charge in [-0.1, -0.05) is 13.0 Å². The number of aromatic nitrogens is 4. The molecule has 29 heavy (non-hydrogen) atoms. The van der Waals surface area contributed by atoms with Crippen molar-refractivity contribution in [1.29, 1.82) is 0 Å². The molecular weight excluding hydrogens is 393 g/mol. The second kappa shape index (κ2) is 8.12. The Morgan fingerprint density at radius 2 is 2.14 bits per heavy atom. The number of aryl methyl sites for hydroxylation is 2. The first-order chi connectivity index (χ1) is 14.1. The molecule has 3 heterocycles. The third kappa shape index (κ3) is 3.77. The van der Waals surface area contributed by atoms with Crippen molar-refractivity contribution in [2.75, 3.05) is 5.32 Å². The van der Waals surface area contributed by atoms with Crippen LogP contribution >= 0.6 is 11.3 Å². The molecule has 7 nitrogen and oxygen atoms in total. The maximum absolute atomic E-state index is 13.2. The summed E-state index contributed by atoms with van der Waals surface area (Å²) >= 11 is 1.41. The zero-order chi connectivity index (χ0) is 20.4. The summed E-state index contributed by atoms with van der Waals surface area (Å²) in [5.41, 5.74) is 1.19. The Bertz CT molecular complexity index is 1240. The van der Waals surface area contributed by atoms with E-state index in [9.17, 15) is 14.0 Å². The van der Waals surface area contributed by atoms with Crippen molar-refractivity contribution in [3.05, 3.63) is 57.7 Å². The minimum Gasteiger partial charge on any atom is -0.326 e. The van der Waals surface area contributed by atoms with Gasteiger partial charge in [0.1, 0.15) is 16.3 Å². The van der Waals surface area contributed by atoms with Crippen molar-refractivity contribution in [3.8, 4) is 0 Å². The van der Waals surface area contributed by atoms with Gasteiger partial charge >= 0.3 is 0 Å². The fourth-order valence-electron chi connectivity index (χ4n) is 3.36. The maximum atomic E-state index is 13.2. The number of anilines is 1. The standard InChI is InChI=1S/C20H20FN5O2S/c1-2-10-25-19(28)18-15(9-11-29-18)26-16(23-24-20(25)26)7-4-8-17(27)22-14-6-3-5-13(21)12-14/h3,5-6,9,11-12H,2,4,7-8,10H2,1H3,(H,22,27). The van der Waals surface area contributed by atoms with Gasteiger partial charge in [-0.3, -0.25) is 18.6 Å². The number of rotatable bonds is 7. The molecule has 0 radical (unpaired) electrons. The molecule has 0 aliphatic heterocycles. The molecule has 0 bridgehead atoms. The molecule has 3 aromatic heterocycles. The van der Waals surface area contributed by atoms with Gasteiger partial charge in [0, 0.05) is 25.1 Å². The minimum absolute atomic E-state index is 0.0437. The Morgan fingerprint density at radius 1 is 1.28 bits per heavy atom. The average molecular weight is 413 g/mol. The molecule has 1 aromatic carbocycles. The van der Waals surface area contributed by atoms with Gasteiger partial charge in [-0.15, -0.1) is 21.5 Å².